The van der Waals surface area contributed by atoms with Crippen LogP contribution in [0.5, 0.6) is 0 Å². The molecule has 1 saturated heterocycles. The van der Waals surface area contributed by atoms with Crippen molar-refractivity contribution in [2.24, 2.45) is 0 Å². The molecule has 140 valence electrons. The molecule has 8 nitrogen and oxygen atoms in total. The molecule has 0 aliphatic carbocycles. The number of likely N-dealkylation sites (tertiary alicyclic amines) is 1. The fraction of sp³-hybridized carbons (Fsp3) is 0.250. The Morgan fingerprint density at radius 3 is 2.79 bits per heavy atom. The van der Waals surface area contributed by atoms with Gasteiger partial charge in [0.2, 0.25) is 11.7 Å². The summed E-state index contributed by atoms with van der Waals surface area (Å²) in [5.74, 6) is 2.03. The molecule has 1 fully saturated rings. The van der Waals surface area contributed by atoms with Crippen LogP contribution < -0.4 is 0 Å². The minimum atomic E-state index is 0.146. The summed E-state index contributed by atoms with van der Waals surface area (Å²) < 4.78 is 7.46. The summed E-state index contributed by atoms with van der Waals surface area (Å²) in [4.78, 5) is 19.6. The van der Waals surface area contributed by atoms with Gasteiger partial charge in [0.15, 0.2) is 0 Å². The van der Waals surface area contributed by atoms with Crippen LogP contribution in [-0.4, -0.2) is 41.1 Å². The van der Waals surface area contributed by atoms with E-state index in [1.54, 1.807) is 18.7 Å². The second-order valence-corrected chi connectivity index (χ2v) is 6.82. The third-order valence-electron chi connectivity index (χ3n) is 5.00. The van der Waals surface area contributed by atoms with Crippen molar-refractivity contribution >= 4 is 0 Å². The number of imidazole rings is 1. The van der Waals surface area contributed by atoms with Crippen molar-refractivity contribution in [1.29, 1.82) is 0 Å². The first-order valence-electron chi connectivity index (χ1n) is 9.28. The molecule has 8 heteroatoms. The number of nitrogens with zero attached hydrogens (tertiary/aromatic N) is 7. The minimum Gasteiger partial charge on any atom is -0.337 e. The van der Waals surface area contributed by atoms with Gasteiger partial charge in [0.25, 0.3) is 0 Å². The van der Waals surface area contributed by atoms with Crippen LogP contribution in [0, 0.1) is 0 Å². The normalized spacial score (nSPS) is 17.2. The molecule has 28 heavy (non-hydrogen) atoms. The lowest BCUT2D eigenvalue weighted by Gasteiger charge is -2.21. The first-order chi connectivity index (χ1) is 13.9. The molecular weight excluding hydrogens is 354 g/mol. The largest absolute Gasteiger partial charge is 0.337 e. The van der Waals surface area contributed by atoms with Crippen LogP contribution in [0.4, 0.5) is 0 Å². The van der Waals surface area contributed by atoms with Crippen molar-refractivity contribution in [3.63, 3.8) is 0 Å². The average Bonchev–Trinajstić information content (AvgIpc) is 3.50. The highest BCUT2D eigenvalue weighted by Crippen LogP contribution is 2.33. The van der Waals surface area contributed by atoms with Gasteiger partial charge >= 0.3 is 0 Å². The van der Waals surface area contributed by atoms with Crippen molar-refractivity contribution in [1.82, 2.24) is 34.6 Å². The maximum absolute atomic E-state index is 5.62. The van der Waals surface area contributed by atoms with E-state index in [4.69, 9.17) is 4.52 Å². The highest BCUT2D eigenvalue weighted by atomic mass is 16.5. The molecule has 4 aromatic rings. The van der Waals surface area contributed by atoms with E-state index >= 15 is 0 Å². The second-order valence-electron chi connectivity index (χ2n) is 6.82. The molecule has 1 aliphatic rings. The smallest absolute Gasteiger partial charge is 0.244 e. The van der Waals surface area contributed by atoms with E-state index in [0.29, 0.717) is 11.7 Å². The predicted octanol–water partition coefficient (Wildman–Crippen LogP) is 3.05. The van der Waals surface area contributed by atoms with Gasteiger partial charge in [-0.15, -0.1) is 0 Å². The third-order valence-corrected chi connectivity index (χ3v) is 5.00. The lowest BCUT2D eigenvalue weighted by molar-refractivity contribution is 0.201. The average molecular weight is 373 g/mol. The Bertz CT molecular complexity index is 1030. The van der Waals surface area contributed by atoms with Gasteiger partial charge in [-0.25, -0.2) is 9.97 Å². The number of pyridine rings is 2. The first-order valence-corrected chi connectivity index (χ1v) is 9.28. The van der Waals surface area contributed by atoms with Crippen molar-refractivity contribution in [2.75, 3.05) is 6.54 Å². The molecule has 0 amide bonds. The lowest BCUT2D eigenvalue weighted by Crippen LogP contribution is -2.23. The van der Waals surface area contributed by atoms with Crippen molar-refractivity contribution in [3.05, 3.63) is 73.0 Å². The molecule has 0 bridgehead atoms. The van der Waals surface area contributed by atoms with Gasteiger partial charge in [0.05, 0.1) is 6.04 Å². The summed E-state index contributed by atoms with van der Waals surface area (Å²) in [5, 5.41) is 4.18. The predicted molar refractivity (Wildman–Crippen MR) is 101 cm³/mol. The monoisotopic (exact) mass is 373 g/mol. The van der Waals surface area contributed by atoms with Crippen LogP contribution in [0.15, 0.2) is 66.1 Å². The van der Waals surface area contributed by atoms with Gasteiger partial charge in [-0.3, -0.25) is 14.5 Å². The van der Waals surface area contributed by atoms with Gasteiger partial charge in [-0.2, -0.15) is 4.98 Å². The summed E-state index contributed by atoms with van der Waals surface area (Å²) in [6.45, 7) is 1.87. The maximum atomic E-state index is 5.62. The molecule has 1 aliphatic heterocycles. The second kappa shape index (κ2) is 7.32. The quantitative estimate of drug-likeness (QED) is 0.531. The van der Waals surface area contributed by atoms with E-state index in [0.717, 1.165) is 37.3 Å². The first kappa shape index (κ1) is 16.8. The van der Waals surface area contributed by atoms with Gasteiger partial charge in [-0.05, 0) is 49.2 Å². The molecule has 0 aromatic carbocycles. The van der Waals surface area contributed by atoms with Crippen molar-refractivity contribution in [2.45, 2.75) is 25.4 Å². The number of hydrogen-bond donors (Lipinski definition) is 0. The Morgan fingerprint density at radius 1 is 1.07 bits per heavy atom. The summed E-state index contributed by atoms with van der Waals surface area (Å²) in [5.41, 5.74) is 2.07. The number of aromatic nitrogens is 6. The van der Waals surface area contributed by atoms with Gasteiger partial charge < -0.3 is 4.52 Å². The molecule has 5 rings (SSSR count). The van der Waals surface area contributed by atoms with Gasteiger partial charge in [0, 0.05) is 43.1 Å². The fourth-order valence-electron chi connectivity index (χ4n) is 3.57. The van der Waals surface area contributed by atoms with E-state index in [-0.39, 0.29) is 6.04 Å². The van der Waals surface area contributed by atoms with Crippen LogP contribution >= 0.6 is 0 Å². The van der Waals surface area contributed by atoms with E-state index in [2.05, 4.69) is 30.0 Å². The van der Waals surface area contributed by atoms with Crippen LogP contribution in [-0.2, 0) is 6.54 Å². The number of rotatable bonds is 5. The van der Waals surface area contributed by atoms with Crippen LogP contribution in [0.1, 0.15) is 30.3 Å². The summed E-state index contributed by atoms with van der Waals surface area (Å²) >= 11 is 0. The van der Waals surface area contributed by atoms with Crippen LogP contribution in [0.2, 0.25) is 0 Å². The molecule has 1 unspecified atom stereocenters. The lowest BCUT2D eigenvalue weighted by atomic mass is 10.2. The zero-order chi connectivity index (χ0) is 18.8. The SMILES string of the molecule is c1cc(CN2CCCC2c2nc(-c3ccc(-n4ccnc4)nc3)no2)ccn1. The van der Waals surface area contributed by atoms with Gasteiger partial charge in [-0.1, -0.05) is 5.16 Å². The van der Waals surface area contributed by atoms with Crippen LogP contribution in [0.3, 0.4) is 0 Å². The molecule has 0 N–H and O–H groups in total. The zero-order valence-corrected chi connectivity index (χ0v) is 15.2. The Morgan fingerprint density at radius 2 is 2.00 bits per heavy atom. The van der Waals surface area contributed by atoms with E-state index in [9.17, 15) is 0 Å². The zero-order valence-electron chi connectivity index (χ0n) is 15.2. The van der Waals surface area contributed by atoms with E-state index in [1.165, 1.54) is 5.56 Å². The Balaban J connectivity index is 1.34. The van der Waals surface area contributed by atoms with Crippen LogP contribution in [0.25, 0.3) is 17.2 Å². The van der Waals surface area contributed by atoms with Gasteiger partial charge in [0.1, 0.15) is 12.1 Å². The molecule has 1 atom stereocenters. The Labute approximate surface area is 161 Å². The Hall–Kier alpha value is -3.39. The maximum Gasteiger partial charge on any atom is 0.244 e. The molecule has 0 spiro atoms. The highest BCUT2D eigenvalue weighted by molar-refractivity contribution is 5.53. The molecule has 0 saturated carbocycles. The highest BCUT2D eigenvalue weighted by Gasteiger charge is 2.30. The molecular formula is C20H19N7O. The molecule has 0 radical (unpaired) electrons. The van der Waals surface area contributed by atoms with E-state index < -0.39 is 0 Å². The third kappa shape index (κ3) is 3.29. The fourth-order valence-corrected chi connectivity index (χ4v) is 3.57. The van der Waals surface area contributed by atoms with E-state index in [1.807, 2.05) is 47.4 Å². The topological polar surface area (TPSA) is 85.8 Å². The summed E-state index contributed by atoms with van der Waals surface area (Å²) in [6, 6.07) is 8.09. The van der Waals surface area contributed by atoms with Crippen molar-refractivity contribution in [3.8, 4) is 17.2 Å². The van der Waals surface area contributed by atoms with Crippen molar-refractivity contribution < 1.29 is 4.52 Å². The molecule has 5 heterocycles. The summed E-state index contributed by atoms with van der Waals surface area (Å²) in [6.07, 6.45) is 12.8. The molecule has 4 aromatic heterocycles. The minimum absolute atomic E-state index is 0.146. The number of hydrogen-bond acceptors (Lipinski definition) is 7. The summed E-state index contributed by atoms with van der Waals surface area (Å²) in [7, 11) is 0. The Kier molecular flexibility index (Phi) is 4.38. The standard InChI is InChI=1S/C20H19N7O/c1-2-17(26(10-1)13-15-5-7-21-8-6-15)20-24-19(25-28-20)16-3-4-18(23-12-16)27-11-9-22-14-27/h3-9,11-12,14,17H,1-2,10,13H2.